The normalized spacial score (nSPS) is 9.74. The first-order valence-corrected chi connectivity index (χ1v) is 5.96. The van der Waals surface area contributed by atoms with E-state index in [2.05, 4.69) is 6.07 Å². The van der Waals surface area contributed by atoms with Crippen molar-refractivity contribution in [3.05, 3.63) is 48.0 Å². The molecule has 0 saturated heterocycles. The Balaban J connectivity index is 2.34. The summed E-state index contributed by atoms with van der Waals surface area (Å²) in [5.41, 5.74) is 3.16. The first-order valence-electron chi connectivity index (χ1n) is 5.96. The van der Waals surface area contributed by atoms with E-state index in [1.54, 1.807) is 14.2 Å². The summed E-state index contributed by atoms with van der Waals surface area (Å²) in [5, 5.41) is 8.65. The van der Waals surface area contributed by atoms with Crippen LogP contribution < -0.4 is 9.47 Å². The van der Waals surface area contributed by atoms with Crippen LogP contribution in [0.15, 0.2) is 42.5 Å². The van der Waals surface area contributed by atoms with Crippen molar-refractivity contribution in [3.63, 3.8) is 0 Å². The van der Waals surface area contributed by atoms with Gasteiger partial charge < -0.3 is 9.47 Å². The summed E-state index contributed by atoms with van der Waals surface area (Å²) in [4.78, 5) is 0. The van der Waals surface area contributed by atoms with Crippen LogP contribution in [-0.4, -0.2) is 14.2 Å². The number of hydrogen-bond acceptors (Lipinski definition) is 3. The monoisotopic (exact) mass is 253 g/mol. The molecule has 0 saturated carbocycles. The van der Waals surface area contributed by atoms with Crippen LogP contribution >= 0.6 is 0 Å². The largest absolute Gasteiger partial charge is 0.493 e. The van der Waals surface area contributed by atoms with Crippen LogP contribution in [0.2, 0.25) is 0 Å². The smallest absolute Gasteiger partial charge is 0.161 e. The lowest BCUT2D eigenvalue weighted by Gasteiger charge is -2.10. The second-order valence-corrected chi connectivity index (χ2v) is 4.10. The highest BCUT2D eigenvalue weighted by atomic mass is 16.5. The van der Waals surface area contributed by atoms with Crippen molar-refractivity contribution in [1.29, 1.82) is 5.26 Å². The summed E-state index contributed by atoms with van der Waals surface area (Å²) in [6, 6.07) is 15.9. The third-order valence-corrected chi connectivity index (χ3v) is 2.95. The van der Waals surface area contributed by atoms with E-state index in [0.717, 1.165) is 16.7 Å². The van der Waals surface area contributed by atoms with E-state index in [0.29, 0.717) is 17.9 Å². The van der Waals surface area contributed by atoms with Crippen molar-refractivity contribution in [2.75, 3.05) is 14.2 Å². The highest BCUT2D eigenvalue weighted by molar-refractivity contribution is 5.67. The third kappa shape index (κ3) is 2.86. The fourth-order valence-corrected chi connectivity index (χ4v) is 1.92. The van der Waals surface area contributed by atoms with Crippen LogP contribution in [-0.2, 0) is 6.42 Å². The van der Waals surface area contributed by atoms with E-state index < -0.39 is 0 Å². The number of nitrogens with zero attached hydrogens (tertiary/aromatic N) is 1. The predicted molar refractivity (Wildman–Crippen MR) is 74.3 cm³/mol. The summed E-state index contributed by atoms with van der Waals surface area (Å²) < 4.78 is 10.5. The maximum Gasteiger partial charge on any atom is 0.161 e. The molecule has 0 unspecified atom stereocenters. The van der Waals surface area contributed by atoms with Crippen LogP contribution in [0.1, 0.15) is 5.56 Å². The molecule has 0 N–H and O–H groups in total. The zero-order chi connectivity index (χ0) is 13.7. The van der Waals surface area contributed by atoms with Gasteiger partial charge in [-0.3, -0.25) is 0 Å². The van der Waals surface area contributed by atoms with Gasteiger partial charge >= 0.3 is 0 Å². The van der Waals surface area contributed by atoms with Gasteiger partial charge in [0.05, 0.1) is 26.7 Å². The van der Waals surface area contributed by atoms with Crippen LogP contribution in [0.25, 0.3) is 11.1 Å². The number of benzene rings is 2. The molecule has 0 fully saturated rings. The van der Waals surface area contributed by atoms with Gasteiger partial charge in [0.15, 0.2) is 11.5 Å². The Kier molecular flexibility index (Phi) is 4.04. The summed E-state index contributed by atoms with van der Waals surface area (Å²) in [5.74, 6) is 1.42. The van der Waals surface area contributed by atoms with Gasteiger partial charge in [0.1, 0.15) is 0 Å². The highest BCUT2D eigenvalue weighted by Gasteiger charge is 2.06. The summed E-state index contributed by atoms with van der Waals surface area (Å²) in [6.07, 6.45) is 0.437. The van der Waals surface area contributed by atoms with Crippen molar-refractivity contribution in [2.45, 2.75) is 6.42 Å². The van der Waals surface area contributed by atoms with E-state index in [-0.39, 0.29) is 0 Å². The average molecular weight is 253 g/mol. The lowest BCUT2D eigenvalue weighted by atomic mass is 10.0. The molecule has 0 heterocycles. The molecular weight excluding hydrogens is 238 g/mol. The number of hydrogen-bond donors (Lipinski definition) is 0. The van der Waals surface area contributed by atoms with Crippen molar-refractivity contribution in [3.8, 4) is 28.7 Å². The van der Waals surface area contributed by atoms with Crippen molar-refractivity contribution < 1.29 is 9.47 Å². The van der Waals surface area contributed by atoms with Crippen molar-refractivity contribution in [1.82, 2.24) is 0 Å². The van der Waals surface area contributed by atoms with Crippen LogP contribution in [0.4, 0.5) is 0 Å². The number of ether oxygens (including phenoxy) is 2. The van der Waals surface area contributed by atoms with Gasteiger partial charge in [-0.05, 0) is 28.8 Å². The van der Waals surface area contributed by atoms with Crippen molar-refractivity contribution >= 4 is 0 Å². The molecule has 0 radical (unpaired) electrons. The SMILES string of the molecule is COc1ccc(-c2ccc(CC#N)cc2)cc1OC. The molecule has 0 bridgehead atoms. The highest BCUT2D eigenvalue weighted by Crippen LogP contribution is 2.32. The second-order valence-electron chi connectivity index (χ2n) is 4.10. The first kappa shape index (κ1) is 13.0. The van der Waals surface area contributed by atoms with Gasteiger partial charge in [0.25, 0.3) is 0 Å². The van der Waals surface area contributed by atoms with E-state index in [4.69, 9.17) is 14.7 Å². The topological polar surface area (TPSA) is 42.2 Å². The fraction of sp³-hybridized carbons (Fsp3) is 0.188. The molecule has 2 aromatic carbocycles. The minimum Gasteiger partial charge on any atom is -0.493 e. The molecule has 96 valence electrons. The summed E-state index contributed by atoms with van der Waals surface area (Å²) in [7, 11) is 3.24. The molecule has 0 aliphatic rings. The standard InChI is InChI=1S/C16H15NO2/c1-18-15-8-7-14(11-16(15)19-2)13-5-3-12(4-6-13)9-10-17/h3-8,11H,9H2,1-2H3. The second kappa shape index (κ2) is 5.92. The van der Waals surface area contributed by atoms with Crippen LogP contribution in [0, 0.1) is 11.3 Å². The van der Waals surface area contributed by atoms with Crippen molar-refractivity contribution in [2.24, 2.45) is 0 Å². The Bertz CT molecular complexity index is 597. The van der Waals surface area contributed by atoms with Gasteiger partial charge in [0, 0.05) is 0 Å². The number of nitriles is 1. The minimum atomic E-state index is 0.437. The third-order valence-electron chi connectivity index (χ3n) is 2.95. The molecule has 0 amide bonds. The molecule has 0 aliphatic carbocycles. The molecule has 2 aromatic rings. The molecule has 0 spiro atoms. The molecule has 3 nitrogen and oxygen atoms in total. The minimum absolute atomic E-state index is 0.437. The van der Waals surface area contributed by atoms with E-state index >= 15 is 0 Å². The van der Waals surface area contributed by atoms with Gasteiger partial charge in [-0.25, -0.2) is 0 Å². The lowest BCUT2D eigenvalue weighted by molar-refractivity contribution is 0.355. The van der Waals surface area contributed by atoms with Gasteiger partial charge in [-0.2, -0.15) is 5.26 Å². The van der Waals surface area contributed by atoms with E-state index in [1.807, 2.05) is 42.5 Å². The Morgan fingerprint density at radius 2 is 1.53 bits per heavy atom. The van der Waals surface area contributed by atoms with E-state index in [9.17, 15) is 0 Å². The lowest BCUT2D eigenvalue weighted by Crippen LogP contribution is -1.91. The Morgan fingerprint density at radius 1 is 0.895 bits per heavy atom. The predicted octanol–water partition coefficient (Wildman–Crippen LogP) is 3.44. The zero-order valence-corrected chi connectivity index (χ0v) is 11.0. The van der Waals surface area contributed by atoms with Gasteiger partial charge in [0.2, 0.25) is 0 Å². The maximum absolute atomic E-state index is 8.65. The molecule has 0 aliphatic heterocycles. The maximum atomic E-state index is 8.65. The first-order chi connectivity index (χ1) is 9.28. The fourth-order valence-electron chi connectivity index (χ4n) is 1.92. The summed E-state index contributed by atoms with van der Waals surface area (Å²) >= 11 is 0. The quantitative estimate of drug-likeness (QED) is 0.838. The Hall–Kier alpha value is -2.47. The molecule has 19 heavy (non-hydrogen) atoms. The van der Waals surface area contributed by atoms with E-state index in [1.165, 1.54) is 0 Å². The molecule has 0 atom stereocenters. The Labute approximate surface area is 113 Å². The number of methoxy groups -OCH3 is 2. The molecule has 2 rings (SSSR count). The number of rotatable bonds is 4. The summed E-state index contributed by atoms with van der Waals surface area (Å²) in [6.45, 7) is 0. The van der Waals surface area contributed by atoms with Crippen LogP contribution in [0.3, 0.4) is 0 Å². The molecule has 3 heteroatoms. The zero-order valence-electron chi connectivity index (χ0n) is 11.0. The van der Waals surface area contributed by atoms with Gasteiger partial charge in [-0.1, -0.05) is 30.3 Å². The molecule has 0 aromatic heterocycles. The van der Waals surface area contributed by atoms with Gasteiger partial charge in [-0.15, -0.1) is 0 Å². The Morgan fingerprint density at radius 3 is 2.11 bits per heavy atom. The van der Waals surface area contributed by atoms with Crippen LogP contribution in [0.5, 0.6) is 11.5 Å². The average Bonchev–Trinajstić information content (AvgIpc) is 2.47. The molecular formula is C16H15NO2.